The number of phenolic OH excluding ortho intramolecular Hbond substituents is 1. The second-order valence-electron chi connectivity index (χ2n) is 4.27. The van der Waals surface area contributed by atoms with Crippen molar-refractivity contribution in [1.29, 1.82) is 0 Å². The molecule has 100 valence electrons. The molecule has 0 atom stereocenters. The summed E-state index contributed by atoms with van der Waals surface area (Å²) in [5, 5.41) is 18.8. The van der Waals surface area contributed by atoms with Crippen LogP contribution in [-0.4, -0.2) is 17.3 Å². The van der Waals surface area contributed by atoms with Gasteiger partial charge in [-0.2, -0.15) is 0 Å². The summed E-state index contributed by atoms with van der Waals surface area (Å²) in [6.45, 7) is -0.120. The number of ether oxygens (including phenoxy) is 1. The van der Waals surface area contributed by atoms with Crippen LogP contribution >= 0.6 is 0 Å². The molecule has 0 amide bonds. The van der Waals surface area contributed by atoms with E-state index in [0.29, 0.717) is 17.5 Å². The number of halogens is 1. The van der Waals surface area contributed by atoms with Gasteiger partial charge in [-0.05, 0) is 34.9 Å². The normalized spacial score (nSPS) is 10.5. The van der Waals surface area contributed by atoms with Crippen molar-refractivity contribution < 1.29 is 19.3 Å². The molecule has 0 saturated heterocycles. The number of aliphatic hydroxyl groups excluding tert-OH is 1. The fourth-order valence-corrected chi connectivity index (χ4v) is 1.90. The Bertz CT molecular complexity index is 582. The smallest absolute Gasteiger partial charge is 0.165 e. The lowest BCUT2D eigenvalue weighted by molar-refractivity contribution is 0.281. The highest BCUT2D eigenvalue weighted by molar-refractivity contribution is 5.40. The molecule has 2 rings (SSSR count). The Morgan fingerprint density at radius 2 is 1.84 bits per heavy atom. The van der Waals surface area contributed by atoms with Gasteiger partial charge in [-0.3, -0.25) is 0 Å². The van der Waals surface area contributed by atoms with Crippen LogP contribution in [0.2, 0.25) is 0 Å². The molecule has 0 fully saturated rings. The van der Waals surface area contributed by atoms with E-state index < -0.39 is 5.82 Å². The van der Waals surface area contributed by atoms with E-state index >= 15 is 0 Å². The molecule has 2 aromatic carbocycles. The lowest BCUT2D eigenvalue weighted by atomic mass is 10.0. The van der Waals surface area contributed by atoms with Crippen molar-refractivity contribution in [1.82, 2.24) is 0 Å². The van der Waals surface area contributed by atoms with Gasteiger partial charge in [0.05, 0.1) is 13.7 Å². The molecule has 0 aromatic heterocycles. The zero-order valence-electron chi connectivity index (χ0n) is 10.6. The second-order valence-corrected chi connectivity index (χ2v) is 4.27. The summed E-state index contributed by atoms with van der Waals surface area (Å²) in [5.74, 6) is -0.127. The molecule has 0 aliphatic rings. The van der Waals surface area contributed by atoms with Gasteiger partial charge < -0.3 is 14.9 Å². The highest BCUT2D eigenvalue weighted by Gasteiger charge is 2.07. The van der Waals surface area contributed by atoms with Gasteiger partial charge >= 0.3 is 0 Å². The predicted molar refractivity (Wildman–Crippen MR) is 69.8 cm³/mol. The molecule has 0 heterocycles. The van der Waals surface area contributed by atoms with Gasteiger partial charge in [0.25, 0.3) is 0 Å². The number of aliphatic hydroxyl groups is 1. The molecule has 3 nitrogen and oxygen atoms in total. The summed E-state index contributed by atoms with van der Waals surface area (Å²) >= 11 is 0. The molecule has 0 aliphatic heterocycles. The first kappa shape index (κ1) is 13.4. The number of hydrogen-bond donors (Lipinski definition) is 2. The van der Waals surface area contributed by atoms with Crippen LogP contribution in [0.25, 0.3) is 0 Å². The third-order valence-corrected chi connectivity index (χ3v) is 2.94. The van der Waals surface area contributed by atoms with E-state index in [1.807, 2.05) is 0 Å². The largest absolute Gasteiger partial charge is 0.508 e. The minimum absolute atomic E-state index is 0.0998. The van der Waals surface area contributed by atoms with Crippen molar-refractivity contribution in [3.05, 3.63) is 58.9 Å². The highest BCUT2D eigenvalue weighted by atomic mass is 19.1. The van der Waals surface area contributed by atoms with Crippen LogP contribution in [0.3, 0.4) is 0 Å². The van der Waals surface area contributed by atoms with Crippen LogP contribution < -0.4 is 4.74 Å². The first-order valence-electron chi connectivity index (χ1n) is 5.88. The second kappa shape index (κ2) is 5.71. The number of rotatable bonds is 4. The van der Waals surface area contributed by atoms with E-state index in [-0.39, 0.29) is 18.1 Å². The Morgan fingerprint density at radius 1 is 1.11 bits per heavy atom. The third kappa shape index (κ3) is 3.03. The van der Waals surface area contributed by atoms with Crippen molar-refractivity contribution in [2.45, 2.75) is 13.0 Å². The van der Waals surface area contributed by atoms with Gasteiger partial charge in [-0.25, -0.2) is 4.39 Å². The van der Waals surface area contributed by atoms with Gasteiger partial charge in [0.1, 0.15) is 5.75 Å². The minimum atomic E-state index is -0.425. The Kier molecular flexibility index (Phi) is 4.02. The maximum Gasteiger partial charge on any atom is 0.165 e. The maximum atomic E-state index is 13.6. The summed E-state index contributed by atoms with van der Waals surface area (Å²) in [5.41, 5.74) is 2.06. The summed E-state index contributed by atoms with van der Waals surface area (Å²) in [4.78, 5) is 0. The molecular formula is C15H15FO3. The van der Waals surface area contributed by atoms with E-state index in [4.69, 9.17) is 9.84 Å². The van der Waals surface area contributed by atoms with Crippen molar-refractivity contribution in [2.75, 3.05) is 7.11 Å². The number of aromatic hydroxyl groups is 1. The minimum Gasteiger partial charge on any atom is -0.508 e. The van der Waals surface area contributed by atoms with E-state index in [9.17, 15) is 9.50 Å². The fraction of sp³-hybridized carbons (Fsp3) is 0.200. The Labute approximate surface area is 110 Å². The van der Waals surface area contributed by atoms with Gasteiger partial charge in [0.2, 0.25) is 0 Å². The molecule has 0 aliphatic carbocycles. The zero-order chi connectivity index (χ0) is 13.8. The van der Waals surface area contributed by atoms with Crippen molar-refractivity contribution in [3.63, 3.8) is 0 Å². The summed E-state index contributed by atoms with van der Waals surface area (Å²) in [7, 11) is 1.41. The highest BCUT2D eigenvalue weighted by Crippen LogP contribution is 2.24. The van der Waals surface area contributed by atoms with Crippen LogP contribution in [-0.2, 0) is 13.0 Å². The molecule has 0 bridgehead atoms. The Hall–Kier alpha value is -2.07. The predicted octanol–water partition coefficient (Wildman–Crippen LogP) is 2.62. The summed E-state index contributed by atoms with van der Waals surface area (Å²) in [6, 6.07) is 9.66. The number of hydrogen-bond acceptors (Lipinski definition) is 3. The Balaban J connectivity index is 2.23. The lowest BCUT2D eigenvalue weighted by Crippen LogP contribution is -1.94. The third-order valence-electron chi connectivity index (χ3n) is 2.94. The molecular weight excluding hydrogens is 247 g/mol. The molecule has 2 aromatic rings. The van der Waals surface area contributed by atoms with Crippen LogP contribution in [0.5, 0.6) is 11.5 Å². The van der Waals surface area contributed by atoms with E-state index in [2.05, 4.69) is 0 Å². The standard InChI is InChI=1S/C15H15FO3/c1-19-15-5-3-10(7-13(15)16)6-12-4-2-11(9-17)8-14(12)18/h2-5,7-8,17-18H,6,9H2,1H3. The SMILES string of the molecule is COc1ccc(Cc2ccc(CO)cc2O)cc1F. The fourth-order valence-electron chi connectivity index (χ4n) is 1.90. The molecule has 0 radical (unpaired) electrons. The van der Waals surface area contributed by atoms with Crippen molar-refractivity contribution >= 4 is 0 Å². The first-order chi connectivity index (χ1) is 9.13. The average Bonchev–Trinajstić information content (AvgIpc) is 2.41. The van der Waals surface area contributed by atoms with Crippen LogP contribution in [0, 0.1) is 5.82 Å². The van der Waals surface area contributed by atoms with E-state index in [1.165, 1.54) is 19.2 Å². The monoisotopic (exact) mass is 262 g/mol. The Morgan fingerprint density at radius 3 is 2.42 bits per heavy atom. The molecule has 0 spiro atoms. The molecule has 0 unspecified atom stereocenters. The number of phenols is 1. The van der Waals surface area contributed by atoms with Gasteiger partial charge in [-0.1, -0.05) is 18.2 Å². The quantitative estimate of drug-likeness (QED) is 0.890. The van der Waals surface area contributed by atoms with Gasteiger partial charge in [0, 0.05) is 6.42 Å². The van der Waals surface area contributed by atoms with Crippen molar-refractivity contribution in [3.8, 4) is 11.5 Å². The zero-order valence-corrected chi connectivity index (χ0v) is 10.6. The van der Waals surface area contributed by atoms with E-state index in [0.717, 1.165) is 5.56 Å². The summed E-state index contributed by atoms with van der Waals surface area (Å²) in [6.07, 6.45) is 0.415. The van der Waals surface area contributed by atoms with Crippen molar-refractivity contribution in [2.24, 2.45) is 0 Å². The average molecular weight is 262 g/mol. The number of benzene rings is 2. The van der Waals surface area contributed by atoms with Crippen LogP contribution in [0.1, 0.15) is 16.7 Å². The number of methoxy groups -OCH3 is 1. The summed E-state index contributed by atoms with van der Waals surface area (Å²) < 4.78 is 18.4. The van der Waals surface area contributed by atoms with Crippen LogP contribution in [0.15, 0.2) is 36.4 Å². The molecule has 2 N–H and O–H groups in total. The lowest BCUT2D eigenvalue weighted by Gasteiger charge is -2.08. The maximum absolute atomic E-state index is 13.6. The van der Waals surface area contributed by atoms with Gasteiger partial charge in [0.15, 0.2) is 11.6 Å². The van der Waals surface area contributed by atoms with E-state index in [1.54, 1.807) is 24.3 Å². The molecule has 0 saturated carbocycles. The molecule has 19 heavy (non-hydrogen) atoms. The van der Waals surface area contributed by atoms with Gasteiger partial charge in [-0.15, -0.1) is 0 Å². The van der Waals surface area contributed by atoms with Crippen LogP contribution in [0.4, 0.5) is 4.39 Å². The topological polar surface area (TPSA) is 49.7 Å². The molecule has 4 heteroatoms. The first-order valence-corrected chi connectivity index (χ1v) is 5.88.